The number of amides is 1. The highest BCUT2D eigenvalue weighted by atomic mass is 19.1. The highest BCUT2D eigenvalue weighted by Gasteiger charge is 2.33. The molecule has 7 heteroatoms. The van der Waals surface area contributed by atoms with Gasteiger partial charge in [-0.3, -0.25) is 4.79 Å². The van der Waals surface area contributed by atoms with Crippen molar-refractivity contribution in [1.82, 2.24) is 10.3 Å². The highest BCUT2D eigenvalue weighted by molar-refractivity contribution is 5.99. The van der Waals surface area contributed by atoms with Crippen LogP contribution in [0.25, 0.3) is 0 Å². The summed E-state index contributed by atoms with van der Waals surface area (Å²) in [4.78, 5) is 15.4. The van der Waals surface area contributed by atoms with Crippen LogP contribution in [-0.2, 0) is 17.8 Å². The van der Waals surface area contributed by atoms with Crippen molar-refractivity contribution in [3.05, 3.63) is 52.8 Å². The lowest BCUT2D eigenvalue weighted by Gasteiger charge is -2.36. The Balaban J connectivity index is 1.32. The van der Waals surface area contributed by atoms with E-state index in [1.807, 2.05) is 19.1 Å². The number of carbonyl (C=O) groups excluding carboxylic acids is 1. The van der Waals surface area contributed by atoms with E-state index in [1.165, 1.54) is 6.07 Å². The van der Waals surface area contributed by atoms with Crippen LogP contribution in [0.3, 0.4) is 0 Å². The van der Waals surface area contributed by atoms with E-state index in [2.05, 4.69) is 39.1 Å². The molecule has 0 bridgehead atoms. The molecule has 0 radical (unpaired) electrons. The van der Waals surface area contributed by atoms with Crippen molar-refractivity contribution >= 4 is 23.0 Å². The third kappa shape index (κ3) is 3.32. The Kier molecular flexibility index (Phi) is 4.87. The molecule has 0 spiro atoms. The van der Waals surface area contributed by atoms with Crippen LogP contribution >= 0.6 is 0 Å². The summed E-state index contributed by atoms with van der Waals surface area (Å²) in [6.45, 7) is 4.82. The van der Waals surface area contributed by atoms with Crippen molar-refractivity contribution < 1.29 is 9.18 Å². The van der Waals surface area contributed by atoms with Gasteiger partial charge in [-0.25, -0.2) is 9.82 Å². The van der Waals surface area contributed by atoms with E-state index >= 15 is 0 Å². The molecule has 1 atom stereocenters. The van der Waals surface area contributed by atoms with E-state index in [4.69, 9.17) is 0 Å². The van der Waals surface area contributed by atoms with Crippen LogP contribution in [0, 0.1) is 12.7 Å². The second kappa shape index (κ2) is 7.56. The summed E-state index contributed by atoms with van der Waals surface area (Å²) in [5.41, 5.74) is 8.92. The molecule has 1 unspecified atom stereocenters. The van der Waals surface area contributed by atoms with Crippen molar-refractivity contribution in [3.8, 4) is 0 Å². The summed E-state index contributed by atoms with van der Waals surface area (Å²) in [6, 6.07) is 9.27. The summed E-state index contributed by atoms with van der Waals surface area (Å²) in [5, 5.41) is 8.58. The van der Waals surface area contributed by atoms with E-state index in [0.717, 1.165) is 54.1 Å². The number of anilines is 3. The van der Waals surface area contributed by atoms with E-state index in [0.29, 0.717) is 24.6 Å². The molecule has 3 aliphatic rings. The molecule has 3 aliphatic heterocycles. The molecule has 1 amide bonds. The summed E-state index contributed by atoms with van der Waals surface area (Å²) >= 11 is 0. The number of likely N-dealkylation sites (tertiary alicyclic amines) is 1. The molecule has 2 aromatic rings. The lowest BCUT2D eigenvalue weighted by Crippen LogP contribution is -2.47. The number of hydrazine groups is 1. The van der Waals surface area contributed by atoms with Gasteiger partial charge < -0.3 is 20.5 Å². The van der Waals surface area contributed by atoms with Gasteiger partial charge in [-0.05, 0) is 63.7 Å². The fourth-order valence-electron chi connectivity index (χ4n) is 4.88. The Morgan fingerprint density at radius 1 is 1.17 bits per heavy atom. The number of benzene rings is 2. The lowest BCUT2D eigenvalue weighted by molar-refractivity contribution is -0.116. The largest absolute Gasteiger partial charge is 0.373 e. The molecule has 30 heavy (non-hydrogen) atoms. The Labute approximate surface area is 176 Å². The normalized spacial score (nSPS) is 21.3. The zero-order valence-electron chi connectivity index (χ0n) is 17.5. The number of piperidine rings is 1. The molecule has 1 saturated heterocycles. The van der Waals surface area contributed by atoms with Crippen LogP contribution in [0.15, 0.2) is 30.3 Å². The van der Waals surface area contributed by atoms with Crippen molar-refractivity contribution in [2.75, 3.05) is 35.8 Å². The van der Waals surface area contributed by atoms with Gasteiger partial charge in [0.25, 0.3) is 0 Å². The third-order valence-corrected chi connectivity index (χ3v) is 6.66. The van der Waals surface area contributed by atoms with Gasteiger partial charge in [-0.2, -0.15) is 0 Å². The SMILES string of the molecule is Cc1ccc(F)c2c1NC(C(=O)Nc1cccc3c1CNN3C1CCN(C)CC1)C2. The van der Waals surface area contributed by atoms with Crippen LogP contribution in [0.5, 0.6) is 0 Å². The van der Waals surface area contributed by atoms with Gasteiger partial charge in [0, 0.05) is 41.5 Å². The number of hydrogen-bond acceptors (Lipinski definition) is 5. The fourth-order valence-corrected chi connectivity index (χ4v) is 4.88. The van der Waals surface area contributed by atoms with Gasteiger partial charge in [0.1, 0.15) is 11.9 Å². The highest BCUT2D eigenvalue weighted by Crippen LogP contribution is 2.36. The Morgan fingerprint density at radius 2 is 1.97 bits per heavy atom. The Morgan fingerprint density at radius 3 is 2.73 bits per heavy atom. The second-order valence-electron chi connectivity index (χ2n) is 8.65. The predicted octanol–water partition coefficient (Wildman–Crippen LogP) is 3.03. The number of nitrogens with zero attached hydrogens (tertiary/aromatic N) is 2. The molecule has 3 N–H and O–H groups in total. The molecular formula is C23H28FN5O. The second-order valence-corrected chi connectivity index (χ2v) is 8.65. The average molecular weight is 410 g/mol. The summed E-state index contributed by atoms with van der Waals surface area (Å²) in [7, 11) is 2.16. The van der Waals surface area contributed by atoms with Crippen molar-refractivity contribution in [3.63, 3.8) is 0 Å². The Bertz CT molecular complexity index is 955. The fraction of sp³-hybridized carbons (Fsp3) is 0.435. The summed E-state index contributed by atoms with van der Waals surface area (Å²) in [6.07, 6.45) is 2.60. The molecule has 0 aromatic heterocycles. The number of halogens is 1. The van der Waals surface area contributed by atoms with Gasteiger partial charge in [-0.1, -0.05) is 12.1 Å². The molecular weight excluding hydrogens is 381 g/mol. The number of rotatable bonds is 3. The first-order valence-corrected chi connectivity index (χ1v) is 10.7. The monoisotopic (exact) mass is 409 g/mol. The van der Waals surface area contributed by atoms with Crippen molar-refractivity contribution in [1.29, 1.82) is 0 Å². The standard InChI is InChI=1S/C23H28FN5O/c1-14-6-7-18(24)16-12-20(26-22(14)16)23(30)27-19-4-3-5-21-17(19)13-25-29(21)15-8-10-28(2)11-9-15/h3-7,15,20,25-26H,8-13H2,1-2H3,(H,27,30). The zero-order valence-corrected chi connectivity index (χ0v) is 17.5. The molecule has 5 rings (SSSR count). The predicted molar refractivity (Wildman–Crippen MR) is 117 cm³/mol. The summed E-state index contributed by atoms with van der Waals surface area (Å²) < 4.78 is 14.2. The molecule has 1 fully saturated rings. The van der Waals surface area contributed by atoms with Gasteiger partial charge >= 0.3 is 0 Å². The van der Waals surface area contributed by atoms with E-state index < -0.39 is 6.04 Å². The smallest absolute Gasteiger partial charge is 0.247 e. The van der Waals surface area contributed by atoms with Gasteiger partial charge in [0.05, 0.1) is 5.69 Å². The first-order valence-electron chi connectivity index (χ1n) is 10.7. The number of hydrogen-bond donors (Lipinski definition) is 3. The number of carbonyl (C=O) groups is 1. The van der Waals surface area contributed by atoms with Crippen LogP contribution in [0.1, 0.15) is 29.5 Å². The van der Waals surface area contributed by atoms with Crippen molar-refractivity contribution in [2.24, 2.45) is 0 Å². The first-order chi connectivity index (χ1) is 14.5. The van der Waals surface area contributed by atoms with Crippen LogP contribution in [0.4, 0.5) is 21.5 Å². The zero-order chi connectivity index (χ0) is 20.8. The van der Waals surface area contributed by atoms with E-state index in [-0.39, 0.29) is 11.7 Å². The maximum absolute atomic E-state index is 14.2. The van der Waals surface area contributed by atoms with Crippen LogP contribution in [0.2, 0.25) is 0 Å². The number of fused-ring (bicyclic) bond motifs is 2. The molecule has 2 aromatic carbocycles. The Hall–Kier alpha value is -2.64. The molecule has 0 saturated carbocycles. The van der Waals surface area contributed by atoms with Gasteiger partial charge in [0.15, 0.2) is 0 Å². The minimum atomic E-state index is -0.467. The van der Waals surface area contributed by atoms with Crippen molar-refractivity contribution in [2.45, 2.75) is 44.8 Å². The minimum Gasteiger partial charge on any atom is -0.373 e. The van der Waals surface area contributed by atoms with Crippen LogP contribution in [-0.4, -0.2) is 43.0 Å². The lowest BCUT2D eigenvalue weighted by atomic mass is 10.0. The first kappa shape index (κ1) is 19.3. The molecule has 6 nitrogen and oxygen atoms in total. The van der Waals surface area contributed by atoms with Gasteiger partial charge in [-0.15, -0.1) is 0 Å². The summed E-state index contributed by atoms with van der Waals surface area (Å²) in [5.74, 6) is -0.381. The van der Waals surface area contributed by atoms with Crippen LogP contribution < -0.4 is 21.1 Å². The molecule has 0 aliphatic carbocycles. The minimum absolute atomic E-state index is 0.129. The quantitative estimate of drug-likeness (QED) is 0.728. The molecule has 158 valence electrons. The molecule has 3 heterocycles. The average Bonchev–Trinajstić information content (AvgIpc) is 3.38. The maximum atomic E-state index is 14.2. The number of nitrogens with one attached hydrogen (secondary N) is 3. The third-order valence-electron chi connectivity index (χ3n) is 6.66. The van der Waals surface area contributed by atoms with E-state index in [9.17, 15) is 9.18 Å². The topological polar surface area (TPSA) is 59.6 Å². The maximum Gasteiger partial charge on any atom is 0.247 e. The van der Waals surface area contributed by atoms with Gasteiger partial charge in [0.2, 0.25) is 5.91 Å². The number of aryl methyl sites for hydroxylation is 1. The van der Waals surface area contributed by atoms with E-state index in [1.54, 1.807) is 6.07 Å².